The van der Waals surface area contributed by atoms with Crippen LogP contribution in [-0.4, -0.2) is 68.0 Å². The molecule has 1 aromatic carbocycles. The molecule has 142 valence electrons. The Hall–Kier alpha value is -0.950. The van der Waals surface area contributed by atoms with Gasteiger partial charge in [-0.1, -0.05) is 6.07 Å². The van der Waals surface area contributed by atoms with E-state index in [9.17, 15) is 5.11 Å². The molecular formula is C19H32N2O3S. The van der Waals surface area contributed by atoms with Gasteiger partial charge in [-0.25, -0.2) is 0 Å². The maximum atomic E-state index is 10.2. The zero-order valence-corrected chi connectivity index (χ0v) is 16.3. The summed E-state index contributed by atoms with van der Waals surface area (Å²) in [5, 5.41) is 13.6. The summed E-state index contributed by atoms with van der Waals surface area (Å²) >= 11 is 1.87. The standard InChI is InChI=1S/C19H32N2O3S/c1-23-19-12-16(13-20-8-5-11-25-2)6-7-18(19)24-15-17(22)14-21-9-3-4-10-21/h6-7,12,17,20,22H,3-5,8-11,13-15H2,1-2H3/t17-/m1/s1. The monoisotopic (exact) mass is 368 g/mol. The lowest BCUT2D eigenvalue weighted by atomic mass is 10.2. The first-order valence-corrected chi connectivity index (χ1v) is 10.5. The highest BCUT2D eigenvalue weighted by Gasteiger charge is 2.16. The topological polar surface area (TPSA) is 54.0 Å². The lowest BCUT2D eigenvalue weighted by Gasteiger charge is -2.20. The molecule has 5 nitrogen and oxygen atoms in total. The number of benzene rings is 1. The number of nitrogens with zero attached hydrogens (tertiary/aromatic N) is 1. The molecule has 0 bridgehead atoms. The number of methoxy groups -OCH3 is 1. The van der Waals surface area contributed by atoms with Gasteiger partial charge in [-0.2, -0.15) is 11.8 Å². The van der Waals surface area contributed by atoms with E-state index in [0.29, 0.717) is 18.9 Å². The fourth-order valence-corrected chi connectivity index (χ4v) is 3.45. The largest absolute Gasteiger partial charge is 0.493 e. The van der Waals surface area contributed by atoms with Crippen LogP contribution in [0.2, 0.25) is 0 Å². The number of β-amino-alcohol motifs (C(OH)–C–C–N with tert-alkyl or cyclic N) is 1. The van der Waals surface area contributed by atoms with E-state index in [1.54, 1.807) is 7.11 Å². The molecule has 25 heavy (non-hydrogen) atoms. The van der Waals surface area contributed by atoms with Gasteiger partial charge in [0.2, 0.25) is 0 Å². The third kappa shape index (κ3) is 7.44. The molecule has 2 rings (SSSR count). The number of ether oxygens (including phenoxy) is 2. The zero-order valence-electron chi connectivity index (χ0n) is 15.5. The Morgan fingerprint density at radius 1 is 1.28 bits per heavy atom. The van der Waals surface area contributed by atoms with E-state index >= 15 is 0 Å². The summed E-state index contributed by atoms with van der Waals surface area (Å²) in [4.78, 5) is 2.29. The summed E-state index contributed by atoms with van der Waals surface area (Å²) in [7, 11) is 1.65. The van der Waals surface area contributed by atoms with E-state index in [0.717, 1.165) is 31.9 Å². The molecule has 1 aliphatic rings. The summed E-state index contributed by atoms with van der Waals surface area (Å²) in [6, 6.07) is 5.98. The van der Waals surface area contributed by atoms with Crippen molar-refractivity contribution in [1.29, 1.82) is 0 Å². The number of hydrogen-bond acceptors (Lipinski definition) is 6. The third-order valence-corrected chi connectivity index (χ3v) is 5.05. The zero-order chi connectivity index (χ0) is 17.9. The van der Waals surface area contributed by atoms with E-state index in [4.69, 9.17) is 9.47 Å². The van der Waals surface area contributed by atoms with Crippen molar-refractivity contribution >= 4 is 11.8 Å². The first kappa shape index (κ1) is 20.4. The molecule has 2 N–H and O–H groups in total. The van der Waals surface area contributed by atoms with Crippen molar-refractivity contribution < 1.29 is 14.6 Å². The van der Waals surface area contributed by atoms with Crippen molar-refractivity contribution in [2.75, 3.05) is 51.9 Å². The van der Waals surface area contributed by atoms with E-state index < -0.39 is 6.10 Å². The normalized spacial score (nSPS) is 16.1. The van der Waals surface area contributed by atoms with Gasteiger partial charge in [0.25, 0.3) is 0 Å². The Morgan fingerprint density at radius 3 is 2.80 bits per heavy atom. The average Bonchev–Trinajstić information content (AvgIpc) is 3.13. The molecule has 1 atom stereocenters. The van der Waals surface area contributed by atoms with Gasteiger partial charge < -0.3 is 24.8 Å². The fourth-order valence-electron chi connectivity index (χ4n) is 3.02. The molecule has 0 spiro atoms. The maximum absolute atomic E-state index is 10.2. The molecule has 0 aromatic heterocycles. The molecule has 1 heterocycles. The molecule has 6 heteroatoms. The van der Waals surface area contributed by atoms with Crippen molar-refractivity contribution in [3.8, 4) is 11.5 Å². The van der Waals surface area contributed by atoms with Gasteiger partial charge in [0.15, 0.2) is 11.5 Å². The minimum absolute atomic E-state index is 0.291. The van der Waals surface area contributed by atoms with Crippen LogP contribution < -0.4 is 14.8 Å². The van der Waals surface area contributed by atoms with Crippen molar-refractivity contribution in [1.82, 2.24) is 10.2 Å². The van der Waals surface area contributed by atoms with Crippen LogP contribution in [0.5, 0.6) is 11.5 Å². The van der Waals surface area contributed by atoms with Crippen molar-refractivity contribution in [2.45, 2.75) is 31.9 Å². The first-order valence-electron chi connectivity index (χ1n) is 9.12. The summed E-state index contributed by atoms with van der Waals surface area (Å²) in [5.74, 6) is 2.59. The van der Waals surface area contributed by atoms with Gasteiger partial charge in [0.1, 0.15) is 12.7 Å². The molecule has 1 aliphatic heterocycles. The van der Waals surface area contributed by atoms with Crippen LogP contribution >= 0.6 is 11.8 Å². The highest BCUT2D eigenvalue weighted by atomic mass is 32.2. The molecule has 0 aliphatic carbocycles. The van der Waals surface area contributed by atoms with Crippen LogP contribution in [0.1, 0.15) is 24.8 Å². The van der Waals surface area contributed by atoms with Crippen molar-refractivity contribution in [3.05, 3.63) is 23.8 Å². The molecule has 0 unspecified atom stereocenters. The summed E-state index contributed by atoms with van der Waals surface area (Å²) < 4.78 is 11.2. The quantitative estimate of drug-likeness (QED) is 0.553. The first-order chi connectivity index (χ1) is 12.2. The third-order valence-electron chi connectivity index (χ3n) is 4.36. The average molecular weight is 369 g/mol. The Kier molecular flexibility index (Phi) is 9.47. The summed E-state index contributed by atoms with van der Waals surface area (Å²) in [6.45, 7) is 4.98. The van der Waals surface area contributed by atoms with Gasteiger partial charge >= 0.3 is 0 Å². The molecule has 0 radical (unpaired) electrons. The van der Waals surface area contributed by atoms with Crippen LogP contribution in [0.25, 0.3) is 0 Å². The van der Waals surface area contributed by atoms with E-state index in [1.165, 1.54) is 30.6 Å². The fraction of sp³-hybridized carbons (Fsp3) is 0.684. The summed E-state index contributed by atoms with van der Waals surface area (Å²) in [6.07, 6.45) is 5.29. The number of nitrogens with one attached hydrogen (secondary N) is 1. The van der Waals surface area contributed by atoms with Crippen LogP contribution in [0.15, 0.2) is 18.2 Å². The Morgan fingerprint density at radius 2 is 2.08 bits per heavy atom. The van der Waals surface area contributed by atoms with Crippen molar-refractivity contribution in [2.24, 2.45) is 0 Å². The lowest BCUT2D eigenvalue weighted by Crippen LogP contribution is -2.33. The van der Waals surface area contributed by atoms with Gasteiger partial charge in [0.05, 0.1) is 7.11 Å². The molecule has 1 fully saturated rings. The maximum Gasteiger partial charge on any atom is 0.161 e. The number of aliphatic hydroxyl groups is 1. The van der Waals surface area contributed by atoms with E-state index in [1.807, 2.05) is 30.0 Å². The predicted molar refractivity (Wildman–Crippen MR) is 105 cm³/mol. The summed E-state index contributed by atoms with van der Waals surface area (Å²) in [5.41, 5.74) is 1.17. The Bertz CT molecular complexity index is 496. The lowest BCUT2D eigenvalue weighted by molar-refractivity contribution is 0.0747. The minimum atomic E-state index is -0.472. The number of hydrogen-bond donors (Lipinski definition) is 2. The number of thioether (sulfide) groups is 1. The number of aliphatic hydroxyl groups excluding tert-OH is 1. The van der Waals surface area contributed by atoms with Crippen LogP contribution in [0.3, 0.4) is 0 Å². The molecule has 0 amide bonds. The second kappa shape index (κ2) is 11.6. The van der Waals surface area contributed by atoms with Gasteiger partial charge in [-0.05, 0) is 68.6 Å². The predicted octanol–water partition coefficient (Wildman–Crippen LogP) is 2.37. The highest BCUT2D eigenvalue weighted by Crippen LogP contribution is 2.28. The van der Waals surface area contributed by atoms with Gasteiger partial charge in [-0.3, -0.25) is 0 Å². The number of rotatable bonds is 12. The minimum Gasteiger partial charge on any atom is -0.493 e. The molecule has 1 aromatic rings. The molecular weight excluding hydrogens is 336 g/mol. The number of likely N-dealkylation sites (tertiary alicyclic amines) is 1. The SMILES string of the molecule is COc1cc(CNCCCSC)ccc1OC[C@H](O)CN1CCCC1. The smallest absolute Gasteiger partial charge is 0.161 e. The van der Waals surface area contributed by atoms with Crippen LogP contribution in [0, 0.1) is 0 Å². The second-order valence-corrected chi connectivity index (χ2v) is 7.47. The molecule has 0 saturated carbocycles. The van der Waals surface area contributed by atoms with E-state index in [-0.39, 0.29) is 0 Å². The van der Waals surface area contributed by atoms with Crippen molar-refractivity contribution in [3.63, 3.8) is 0 Å². The second-order valence-electron chi connectivity index (χ2n) is 6.48. The van der Waals surface area contributed by atoms with Crippen LogP contribution in [0.4, 0.5) is 0 Å². The molecule has 1 saturated heterocycles. The Labute approximate surface area is 156 Å². The van der Waals surface area contributed by atoms with Gasteiger partial charge in [0, 0.05) is 13.1 Å². The highest BCUT2D eigenvalue weighted by molar-refractivity contribution is 7.98. The van der Waals surface area contributed by atoms with E-state index in [2.05, 4.69) is 16.5 Å². The van der Waals surface area contributed by atoms with Gasteiger partial charge in [-0.15, -0.1) is 0 Å². The van der Waals surface area contributed by atoms with Crippen LogP contribution in [-0.2, 0) is 6.54 Å². The Balaban J connectivity index is 1.77.